The molecule has 0 heterocycles. The van der Waals surface area contributed by atoms with E-state index in [-0.39, 0.29) is 18.3 Å². The zero-order valence-corrected chi connectivity index (χ0v) is 15.2. The van der Waals surface area contributed by atoms with Gasteiger partial charge in [0.2, 0.25) is 5.91 Å². The van der Waals surface area contributed by atoms with Crippen LogP contribution in [0.2, 0.25) is 0 Å². The number of carbonyl (C=O) groups is 1. The zero-order chi connectivity index (χ0) is 14.8. The third-order valence-corrected chi connectivity index (χ3v) is 3.90. The smallest absolute Gasteiger partial charge is 0.220 e. The molecule has 0 aliphatic carbocycles. The van der Waals surface area contributed by atoms with Crippen molar-refractivity contribution in [1.29, 1.82) is 0 Å². The van der Waals surface area contributed by atoms with E-state index in [4.69, 9.17) is 0 Å². The lowest BCUT2D eigenvalue weighted by Crippen LogP contribution is -2.30. The summed E-state index contributed by atoms with van der Waals surface area (Å²) in [6.07, 6.45) is 3.58. The summed E-state index contributed by atoms with van der Waals surface area (Å²) in [7, 11) is 1.91. The number of amides is 1. The third-order valence-electron chi connectivity index (χ3n) is 3.41. The minimum Gasteiger partial charge on any atom is -0.356 e. The van der Waals surface area contributed by atoms with Crippen LogP contribution in [0.15, 0.2) is 28.7 Å². The largest absolute Gasteiger partial charge is 0.356 e. The summed E-state index contributed by atoms with van der Waals surface area (Å²) in [5.41, 5.74) is 1.32. The lowest BCUT2D eigenvalue weighted by Gasteiger charge is -2.16. The summed E-state index contributed by atoms with van der Waals surface area (Å²) in [5, 5.41) is 6.10. The molecule has 0 aromatic heterocycles. The van der Waals surface area contributed by atoms with Crippen molar-refractivity contribution in [2.75, 3.05) is 20.1 Å². The molecule has 0 spiro atoms. The zero-order valence-electron chi connectivity index (χ0n) is 12.8. The molecule has 0 bridgehead atoms. The van der Waals surface area contributed by atoms with Crippen LogP contribution in [0.1, 0.15) is 31.7 Å². The molecule has 21 heavy (non-hydrogen) atoms. The van der Waals surface area contributed by atoms with Crippen LogP contribution in [0.25, 0.3) is 0 Å². The van der Waals surface area contributed by atoms with Crippen LogP contribution in [-0.2, 0) is 11.2 Å². The molecule has 2 N–H and O–H groups in total. The summed E-state index contributed by atoms with van der Waals surface area (Å²) in [6.45, 7) is 3.83. The maximum absolute atomic E-state index is 11.7. The van der Waals surface area contributed by atoms with Crippen LogP contribution in [0.5, 0.6) is 0 Å². The van der Waals surface area contributed by atoms with Gasteiger partial charge in [-0.3, -0.25) is 4.79 Å². The van der Waals surface area contributed by atoms with Crippen molar-refractivity contribution >= 4 is 34.2 Å². The van der Waals surface area contributed by atoms with E-state index in [2.05, 4.69) is 51.7 Å². The predicted molar refractivity (Wildman–Crippen MR) is 95.0 cm³/mol. The lowest BCUT2D eigenvalue weighted by atomic mass is 9.97. The van der Waals surface area contributed by atoms with E-state index in [9.17, 15) is 4.79 Å². The second-order valence-corrected chi connectivity index (χ2v) is 6.04. The van der Waals surface area contributed by atoms with Crippen molar-refractivity contribution in [1.82, 2.24) is 10.6 Å². The van der Waals surface area contributed by atoms with Crippen LogP contribution in [-0.4, -0.2) is 26.0 Å². The second kappa shape index (κ2) is 12.0. The molecule has 1 aromatic carbocycles. The Labute approximate surface area is 142 Å². The van der Waals surface area contributed by atoms with Gasteiger partial charge in [-0.25, -0.2) is 0 Å². The van der Waals surface area contributed by atoms with Crippen molar-refractivity contribution in [2.45, 2.75) is 32.6 Å². The Morgan fingerprint density at radius 2 is 2.14 bits per heavy atom. The Kier molecular flexibility index (Phi) is 11.7. The number of benzene rings is 1. The summed E-state index contributed by atoms with van der Waals surface area (Å²) < 4.78 is 1.11. The van der Waals surface area contributed by atoms with Gasteiger partial charge in [0.1, 0.15) is 0 Å². The van der Waals surface area contributed by atoms with Crippen molar-refractivity contribution in [3.8, 4) is 0 Å². The third kappa shape index (κ3) is 9.12. The fourth-order valence-electron chi connectivity index (χ4n) is 2.13. The SMILES string of the molecule is CCC(CNC(=O)CCCNC)Cc1cccc(Br)c1.Cl. The highest BCUT2D eigenvalue weighted by molar-refractivity contribution is 9.10. The number of hydrogen-bond donors (Lipinski definition) is 2. The summed E-state index contributed by atoms with van der Waals surface area (Å²) in [5.74, 6) is 0.658. The molecular weight excluding hydrogens is 352 g/mol. The van der Waals surface area contributed by atoms with E-state index in [0.717, 1.165) is 36.8 Å². The van der Waals surface area contributed by atoms with Crippen molar-refractivity contribution in [3.63, 3.8) is 0 Å². The molecule has 0 saturated heterocycles. The molecule has 1 amide bonds. The van der Waals surface area contributed by atoms with Gasteiger partial charge >= 0.3 is 0 Å². The average Bonchev–Trinajstić information content (AvgIpc) is 2.43. The number of rotatable bonds is 9. The Hall–Kier alpha value is -0.580. The molecule has 1 atom stereocenters. The first-order chi connectivity index (χ1) is 9.65. The molecule has 0 aliphatic rings. The molecule has 0 aliphatic heterocycles. The highest BCUT2D eigenvalue weighted by Gasteiger charge is 2.09. The monoisotopic (exact) mass is 376 g/mol. The standard InChI is InChI=1S/C16H25BrN2O.ClH/c1-3-13(10-14-6-4-7-15(17)11-14)12-19-16(20)8-5-9-18-2;/h4,6-7,11,13,18H,3,5,8-10,12H2,1-2H3,(H,19,20);1H. The maximum Gasteiger partial charge on any atom is 0.220 e. The average molecular weight is 378 g/mol. The number of nitrogens with one attached hydrogen (secondary N) is 2. The first-order valence-electron chi connectivity index (χ1n) is 7.31. The van der Waals surface area contributed by atoms with E-state index in [1.165, 1.54) is 5.56 Å². The summed E-state index contributed by atoms with van der Waals surface area (Å²) in [4.78, 5) is 11.7. The predicted octanol–water partition coefficient (Wildman–Crippen LogP) is 3.56. The molecule has 1 rings (SSSR count). The topological polar surface area (TPSA) is 41.1 Å². The number of halogens is 2. The second-order valence-electron chi connectivity index (χ2n) is 5.12. The Morgan fingerprint density at radius 3 is 2.76 bits per heavy atom. The van der Waals surface area contributed by atoms with Crippen LogP contribution in [0.3, 0.4) is 0 Å². The van der Waals surface area contributed by atoms with Gasteiger partial charge in [0, 0.05) is 17.4 Å². The Morgan fingerprint density at radius 1 is 1.38 bits per heavy atom. The molecular formula is C16H26BrClN2O. The minimum atomic E-state index is 0. The molecule has 120 valence electrons. The van der Waals surface area contributed by atoms with Gasteiger partial charge in [-0.15, -0.1) is 12.4 Å². The van der Waals surface area contributed by atoms with E-state index in [1.54, 1.807) is 0 Å². The Balaban J connectivity index is 0.00000400. The molecule has 0 radical (unpaired) electrons. The lowest BCUT2D eigenvalue weighted by molar-refractivity contribution is -0.121. The molecule has 0 saturated carbocycles. The van der Waals surface area contributed by atoms with Crippen LogP contribution in [0, 0.1) is 5.92 Å². The van der Waals surface area contributed by atoms with Gasteiger partial charge in [0.05, 0.1) is 0 Å². The van der Waals surface area contributed by atoms with Crippen LogP contribution in [0.4, 0.5) is 0 Å². The first-order valence-corrected chi connectivity index (χ1v) is 8.10. The van der Waals surface area contributed by atoms with Gasteiger partial charge < -0.3 is 10.6 Å². The van der Waals surface area contributed by atoms with Gasteiger partial charge in [-0.05, 0) is 50.0 Å². The molecule has 5 heteroatoms. The normalized spacial score (nSPS) is 11.6. The van der Waals surface area contributed by atoms with E-state index >= 15 is 0 Å². The Bertz CT molecular complexity index is 415. The quantitative estimate of drug-likeness (QED) is 0.646. The van der Waals surface area contributed by atoms with Gasteiger partial charge in [-0.2, -0.15) is 0 Å². The summed E-state index contributed by atoms with van der Waals surface area (Å²) in [6, 6.07) is 8.38. The van der Waals surface area contributed by atoms with Gasteiger partial charge in [0.25, 0.3) is 0 Å². The van der Waals surface area contributed by atoms with E-state index in [0.29, 0.717) is 12.3 Å². The molecule has 0 fully saturated rings. The fourth-order valence-corrected chi connectivity index (χ4v) is 2.58. The number of hydrogen-bond acceptors (Lipinski definition) is 2. The van der Waals surface area contributed by atoms with Gasteiger partial charge in [-0.1, -0.05) is 41.4 Å². The highest BCUT2D eigenvalue weighted by atomic mass is 79.9. The minimum absolute atomic E-state index is 0. The van der Waals surface area contributed by atoms with E-state index in [1.807, 2.05) is 13.1 Å². The molecule has 1 aromatic rings. The van der Waals surface area contributed by atoms with Crippen molar-refractivity contribution < 1.29 is 4.79 Å². The summed E-state index contributed by atoms with van der Waals surface area (Å²) >= 11 is 3.50. The maximum atomic E-state index is 11.7. The fraction of sp³-hybridized carbons (Fsp3) is 0.562. The van der Waals surface area contributed by atoms with Crippen molar-refractivity contribution in [2.24, 2.45) is 5.92 Å². The number of carbonyl (C=O) groups excluding carboxylic acids is 1. The van der Waals surface area contributed by atoms with E-state index < -0.39 is 0 Å². The molecule has 3 nitrogen and oxygen atoms in total. The van der Waals surface area contributed by atoms with Crippen LogP contribution < -0.4 is 10.6 Å². The van der Waals surface area contributed by atoms with Crippen molar-refractivity contribution in [3.05, 3.63) is 34.3 Å². The highest BCUT2D eigenvalue weighted by Crippen LogP contribution is 2.16. The molecule has 1 unspecified atom stereocenters. The van der Waals surface area contributed by atoms with Crippen LogP contribution >= 0.6 is 28.3 Å². The van der Waals surface area contributed by atoms with Gasteiger partial charge in [0.15, 0.2) is 0 Å². The first kappa shape index (κ1) is 20.4.